The van der Waals surface area contributed by atoms with Gasteiger partial charge in [-0.15, -0.1) is 0 Å². The van der Waals surface area contributed by atoms with Crippen LogP contribution in [-0.4, -0.2) is 17.5 Å². The number of hydrogen-bond acceptors (Lipinski definition) is 5. The lowest BCUT2D eigenvalue weighted by Crippen LogP contribution is -2.28. The molecule has 0 aliphatic heterocycles. The van der Waals surface area contributed by atoms with Crippen molar-refractivity contribution in [3.05, 3.63) is 0 Å². The summed E-state index contributed by atoms with van der Waals surface area (Å²) in [6, 6.07) is 0. The van der Waals surface area contributed by atoms with Gasteiger partial charge < -0.3 is 15.8 Å². The Hall–Kier alpha value is -0.970. The van der Waals surface area contributed by atoms with Gasteiger partial charge >= 0.3 is 0 Å². The summed E-state index contributed by atoms with van der Waals surface area (Å²) in [7, 11) is 0. The molecule has 20 heavy (non-hydrogen) atoms. The minimum Gasteiger partial charge on any atom is -0.487 e. The van der Waals surface area contributed by atoms with Gasteiger partial charge in [-0.1, -0.05) is 26.7 Å². The molecular weight excluding hydrogens is 270 g/mol. The van der Waals surface area contributed by atoms with Crippen molar-refractivity contribution < 1.29 is 4.74 Å². The van der Waals surface area contributed by atoms with E-state index in [1.165, 1.54) is 43.6 Å². The lowest BCUT2D eigenvalue weighted by molar-refractivity contribution is 0.252. The number of aromatic nitrogens is 1. The van der Waals surface area contributed by atoms with E-state index in [1.54, 1.807) is 0 Å². The first-order valence-electron chi connectivity index (χ1n) is 7.68. The number of anilines is 2. The largest absolute Gasteiger partial charge is 0.487 e. The zero-order chi connectivity index (χ0) is 14.6. The minimum absolute atomic E-state index is 0.441. The van der Waals surface area contributed by atoms with Gasteiger partial charge in [0.1, 0.15) is 0 Å². The molecule has 1 fully saturated rings. The van der Waals surface area contributed by atoms with Crippen molar-refractivity contribution in [2.45, 2.75) is 52.9 Å². The summed E-state index contributed by atoms with van der Waals surface area (Å²) in [5, 5.41) is 4.54. The van der Waals surface area contributed by atoms with E-state index in [1.807, 2.05) is 6.92 Å². The number of nitrogens with zero attached hydrogens (tertiary/aromatic N) is 1. The van der Waals surface area contributed by atoms with Crippen molar-refractivity contribution in [1.29, 1.82) is 0 Å². The Morgan fingerprint density at radius 2 is 2.10 bits per heavy atom. The first-order chi connectivity index (χ1) is 9.56. The number of nitrogen functional groups attached to an aromatic ring is 1. The van der Waals surface area contributed by atoms with Crippen molar-refractivity contribution in [3.63, 3.8) is 0 Å². The highest BCUT2D eigenvalue weighted by atomic mass is 32.1. The molecule has 0 bridgehead atoms. The van der Waals surface area contributed by atoms with Crippen molar-refractivity contribution in [3.8, 4) is 5.75 Å². The lowest BCUT2D eigenvalue weighted by atomic mass is 9.78. The van der Waals surface area contributed by atoms with Crippen LogP contribution in [0.4, 0.5) is 10.8 Å². The summed E-state index contributed by atoms with van der Waals surface area (Å²) >= 11 is 1.41. The van der Waals surface area contributed by atoms with Crippen LogP contribution in [0.15, 0.2) is 0 Å². The summed E-state index contributed by atoms with van der Waals surface area (Å²) in [5.41, 5.74) is 6.30. The second-order valence-corrected chi connectivity index (χ2v) is 7.09. The molecule has 4 nitrogen and oxygen atoms in total. The van der Waals surface area contributed by atoms with E-state index >= 15 is 0 Å². The van der Waals surface area contributed by atoms with Crippen LogP contribution in [0.3, 0.4) is 0 Å². The summed E-state index contributed by atoms with van der Waals surface area (Å²) in [6.07, 6.45) is 6.67. The third-order valence-electron chi connectivity index (χ3n) is 4.09. The van der Waals surface area contributed by atoms with Gasteiger partial charge in [-0.25, -0.2) is 0 Å². The number of rotatable bonds is 7. The number of ether oxygens (including phenoxy) is 1. The van der Waals surface area contributed by atoms with Gasteiger partial charge in [-0.2, -0.15) is 4.37 Å². The average molecular weight is 297 g/mol. The van der Waals surface area contributed by atoms with E-state index in [2.05, 4.69) is 23.5 Å². The molecule has 1 aromatic rings. The van der Waals surface area contributed by atoms with Crippen molar-refractivity contribution in [2.75, 3.05) is 24.2 Å². The van der Waals surface area contributed by atoms with Gasteiger partial charge in [-0.3, -0.25) is 0 Å². The van der Waals surface area contributed by atoms with Crippen LogP contribution in [0.25, 0.3) is 0 Å². The highest BCUT2D eigenvalue weighted by Gasteiger charge is 2.34. The highest BCUT2D eigenvalue weighted by molar-refractivity contribution is 7.11. The number of hydrogen-bond donors (Lipinski definition) is 2. The molecule has 1 saturated carbocycles. The fraction of sp³-hybridized carbons (Fsp3) is 0.800. The maximum absolute atomic E-state index is 5.86. The lowest BCUT2D eigenvalue weighted by Gasteiger charge is -2.31. The topological polar surface area (TPSA) is 60.2 Å². The molecule has 0 unspecified atom stereocenters. The molecule has 0 radical (unpaired) electrons. The maximum Gasteiger partial charge on any atom is 0.197 e. The minimum atomic E-state index is 0.441. The predicted octanol–water partition coefficient (Wildman–Crippen LogP) is 4.14. The monoisotopic (exact) mass is 297 g/mol. The van der Waals surface area contributed by atoms with Crippen LogP contribution >= 0.6 is 11.5 Å². The molecule has 2 rings (SSSR count). The first-order valence-corrected chi connectivity index (χ1v) is 8.45. The average Bonchev–Trinajstić information content (AvgIpc) is 2.97. The van der Waals surface area contributed by atoms with Crippen molar-refractivity contribution in [2.24, 2.45) is 11.3 Å². The Labute approximate surface area is 126 Å². The van der Waals surface area contributed by atoms with E-state index in [0.29, 0.717) is 17.8 Å². The molecule has 0 spiro atoms. The van der Waals surface area contributed by atoms with E-state index in [9.17, 15) is 0 Å². The first kappa shape index (κ1) is 15.4. The Balaban J connectivity index is 2.02. The molecule has 0 aromatic carbocycles. The summed E-state index contributed by atoms with van der Waals surface area (Å²) in [5.74, 6) is 1.98. The summed E-state index contributed by atoms with van der Waals surface area (Å²) in [6.45, 7) is 8.23. The molecule has 5 heteroatoms. The Kier molecular flexibility index (Phi) is 5.13. The van der Waals surface area contributed by atoms with Gasteiger partial charge in [0.05, 0.1) is 6.61 Å². The molecular formula is C15H27N3OS. The standard InChI is InChI=1S/C15H27N3OS/c1-4-19-12-13(16)18-20-14(12)17-10-15(9-11(2)3)7-5-6-8-15/h11,17H,4-10H2,1-3H3,(H2,16,18). The van der Waals surface area contributed by atoms with E-state index < -0.39 is 0 Å². The zero-order valence-corrected chi connectivity index (χ0v) is 13.7. The molecule has 0 saturated heterocycles. The van der Waals surface area contributed by atoms with Gasteiger partial charge in [0.15, 0.2) is 16.6 Å². The third-order valence-corrected chi connectivity index (χ3v) is 4.89. The maximum atomic E-state index is 5.86. The fourth-order valence-electron chi connectivity index (χ4n) is 3.40. The summed E-state index contributed by atoms with van der Waals surface area (Å²) in [4.78, 5) is 0. The van der Waals surface area contributed by atoms with Crippen LogP contribution in [0.1, 0.15) is 52.9 Å². The third kappa shape index (κ3) is 3.57. The number of nitrogens with two attached hydrogens (primary N) is 1. The van der Waals surface area contributed by atoms with Crippen LogP contribution in [0, 0.1) is 11.3 Å². The molecule has 114 valence electrons. The van der Waals surface area contributed by atoms with Crippen LogP contribution in [0.5, 0.6) is 5.75 Å². The number of nitrogens with one attached hydrogen (secondary N) is 1. The van der Waals surface area contributed by atoms with Gasteiger partial charge in [0.2, 0.25) is 0 Å². The smallest absolute Gasteiger partial charge is 0.197 e. The molecule has 0 atom stereocenters. The van der Waals surface area contributed by atoms with E-state index in [-0.39, 0.29) is 0 Å². The Morgan fingerprint density at radius 3 is 2.70 bits per heavy atom. The van der Waals surface area contributed by atoms with Crippen LogP contribution in [-0.2, 0) is 0 Å². The Bertz CT molecular complexity index is 425. The highest BCUT2D eigenvalue weighted by Crippen LogP contribution is 2.44. The van der Waals surface area contributed by atoms with E-state index in [4.69, 9.17) is 10.5 Å². The molecule has 1 aliphatic carbocycles. The van der Waals surface area contributed by atoms with Crippen LogP contribution < -0.4 is 15.8 Å². The second kappa shape index (κ2) is 6.66. The molecule has 3 N–H and O–H groups in total. The quantitative estimate of drug-likeness (QED) is 0.794. The van der Waals surface area contributed by atoms with Gasteiger partial charge in [-0.05, 0) is 49.1 Å². The zero-order valence-electron chi connectivity index (χ0n) is 12.9. The van der Waals surface area contributed by atoms with Gasteiger partial charge in [0.25, 0.3) is 0 Å². The molecule has 0 amide bonds. The van der Waals surface area contributed by atoms with Gasteiger partial charge in [0, 0.05) is 6.54 Å². The summed E-state index contributed by atoms with van der Waals surface area (Å²) < 4.78 is 9.79. The predicted molar refractivity (Wildman–Crippen MR) is 86.5 cm³/mol. The van der Waals surface area contributed by atoms with Crippen LogP contribution in [0.2, 0.25) is 0 Å². The molecule has 1 aromatic heterocycles. The SMILES string of the molecule is CCOc1c(N)nsc1NCC1(CC(C)C)CCCC1. The normalized spacial score (nSPS) is 17.6. The molecule has 1 heterocycles. The molecule has 1 aliphatic rings. The fourth-order valence-corrected chi connectivity index (χ4v) is 4.06. The second-order valence-electron chi connectivity index (χ2n) is 6.32. The van der Waals surface area contributed by atoms with E-state index in [0.717, 1.165) is 23.2 Å². The van der Waals surface area contributed by atoms with Crippen molar-refractivity contribution >= 4 is 22.4 Å². The Morgan fingerprint density at radius 1 is 1.40 bits per heavy atom. The van der Waals surface area contributed by atoms with Crippen molar-refractivity contribution in [1.82, 2.24) is 4.37 Å².